The van der Waals surface area contributed by atoms with Gasteiger partial charge in [0.1, 0.15) is 11.5 Å². The van der Waals surface area contributed by atoms with Crippen LogP contribution in [0.5, 0.6) is 0 Å². The van der Waals surface area contributed by atoms with Gasteiger partial charge in [-0.3, -0.25) is 4.79 Å². The Morgan fingerprint density at radius 1 is 1.16 bits per heavy atom. The van der Waals surface area contributed by atoms with Crippen molar-refractivity contribution in [3.8, 4) is 0 Å². The number of nitrogens with zero attached hydrogens (tertiary/aromatic N) is 2. The normalized spacial score (nSPS) is 12.1. The van der Waals surface area contributed by atoms with Crippen molar-refractivity contribution in [3.63, 3.8) is 0 Å². The molecule has 0 fully saturated rings. The lowest BCUT2D eigenvalue weighted by Gasteiger charge is -2.14. The molecule has 0 saturated heterocycles. The molecule has 0 aliphatic heterocycles. The molecule has 2 aromatic rings. The number of carbonyl (C=O) groups excluding carboxylic acids is 1. The van der Waals surface area contributed by atoms with Crippen LogP contribution in [0.2, 0.25) is 0 Å². The van der Waals surface area contributed by atoms with Gasteiger partial charge < -0.3 is 21.5 Å². The molecule has 130 valence electrons. The van der Waals surface area contributed by atoms with Crippen LogP contribution in [-0.4, -0.2) is 34.3 Å². The Labute approximate surface area is 143 Å². The summed E-state index contributed by atoms with van der Waals surface area (Å²) in [5, 5.41) is 27.3. The molecule has 0 spiro atoms. The maximum absolute atomic E-state index is 14.1. The van der Waals surface area contributed by atoms with E-state index in [1.54, 1.807) is 19.1 Å². The monoisotopic (exact) mass is 344 g/mol. The van der Waals surface area contributed by atoms with Crippen molar-refractivity contribution in [2.75, 3.05) is 11.9 Å². The third-order valence-electron chi connectivity index (χ3n) is 3.53. The highest BCUT2D eigenvalue weighted by Gasteiger charge is 2.18. The van der Waals surface area contributed by atoms with Gasteiger partial charge in [0.2, 0.25) is 5.91 Å². The standard InChI is InChI=1S/C17H17FN4O3/c1-10(21-24)11-6-7-15(20-16(23)9-19)13(8-11)17(22-25)12-4-2-3-5-14(12)18/h2-8,24-25H,9,19H2,1H3,(H,20,23). The molecule has 0 saturated carbocycles. The van der Waals surface area contributed by atoms with E-state index in [0.717, 1.165) is 0 Å². The molecule has 0 atom stereocenters. The number of carbonyl (C=O) groups is 1. The summed E-state index contributed by atoms with van der Waals surface area (Å²) in [6.45, 7) is 1.32. The highest BCUT2D eigenvalue weighted by molar-refractivity contribution is 6.18. The molecule has 0 aromatic heterocycles. The minimum atomic E-state index is -0.593. The first-order valence-electron chi connectivity index (χ1n) is 7.32. The van der Waals surface area contributed by atoms with Crippen LogP contribution >= 0.6 is 0 Å². The highest BCUT2D eigenvalue weighted by Crippen LogP contribution is 2.24. The second kappa shape index (κ2) is 8.02. The summed E-state index contributed by atoms with van der Waals surface area (Å²) < 4.78 is 14.1. The first-order valence-corrected chi connectivity index (χ1v) is 7.32. The first-order chi connectivity index (χ1) is 12.0. The molecule has 0 heterocycles. The van der Waals surface area contributed by atoms with E-state index in [1.807, 2.05) is 0 Å². The zero-order valence-electron chi connectivity index (χ0n) is 13.4. The summed E-state index contributed by atoms with van der Waals surface area (Å²) in [7, 11) is 0. The number of nitrogens with one attached hydrogen (secondary N) is 1. The van der Waals surface area contributed by atoms with Crippen molar-refractivity contribution in [2.24, 2.45) is 16.0 Å². The predicted molar refractivity (Wildman–Crippen MR) is 91.9 cm³/mol. The van der Waals surface area contributed by atoms with Gasteiger partial charge in [-0.15, -0.1) is 0 Å². The topological polar surface area (TPSA) is 120 Å². The molecule has 0 unspecified atom stereocenters. The maximum Gasteiger partial charge on any atom is 0.238 e. The number of nitrogens with two attached hydrogens (primary N) is 1. The van der Waals surface area contributed by atoms with Crippen molar-refractivity contribution >= 4 is 23.0 Å². The molecule has 5 N–H and O–H groups in total. The lowest BCUT2D eigenvalue weighted by Crippen LogP contribution is -2.23. The van der Waals surface area contributed by atoms with E-state index in [0.29, 0.717) is 11.3 Å². The van der Waals surface area contributed by atoms with Gasteiger partial charge in [0.25, 0.3) is 0 Å². The van der Waals surface area contributed by atoms with Crippen molar-refractivity contribution < 1.29 is 19.6 Å². The van der Waals surface area contributed by atoms with Gasteiger partial charge in [0, 0.05) is 11.1 Å². The SMILES string of the molecule is CC(=NO)c1ccc(NC(=O)CN)c(C(=NO)c2ccccc2F)c1. The Morgan fingerprint density at radius 2 is 1.88 bits per heavy atom. The number of benzene rings is 2. The maximum atomic E-state index is 14.1. The van der Waals surface area contributed by atoms with Crippen molar-refractivity contribution in [1.29, 1.82) is 0 Å². The molecule has 0 bridgehead atoms. The first kappa shape index (κ1) is 18.1. The van der Waals surface area contributed by atoms with Gasteiger partial charge in [-0.2, -0.15) is 0 Å². The van der Waals surface area contributed by atoms with Crippen molar-refractivity contribution in [3.05, 3.63) is 65.0 Å². The van der Waals surface area contributed by atoms with E-state index in [9.17, 15) is 14.4 Å². The Kier molecular flexibility index (Phi) is 5.80. The van der Waals surface area contributed by atoms with Crippen LogP contribution in [0.3, 0.4) is 0 Å². The Bertz CT molecular complexity index is 850. The predicted octanol–water partition coefficient (Wildman–Crippen LogP) is 2.15. The highest BCUT2D eigenvalue weighted by atomic mass is 19.1. The molecule has 25 heavy (non-hydrogen) atoms. The average molecular weight is 344 g/mol. The summed E-state index contributed by atoms with van der Waals surface area (Å²) in [4.78, 5) is 11.6. The number of oxime groups is 2. The second-order valence-corrected chi connectivity index (χ2v) is 5.13. The van der Waals surface area contributed by atoms with E-state index in [2.05, 4.69) is 15.6 Å². The fraction of sp³-hybridized carbons (Fsp3) is 0.118. The summed E-state index contributed by atoms with van der Waals surface area (Å²) in [5.41, 5.74) is 6.59. The average Bonchev–Trinajstić information content (AvgIpc) is 2.64. The van der Waals surface area contributed by atoms with Crippen molar-refractivity contribution in [2.45, 2.75) is 6.92 Å². The zero-order valence-corrected chi connectivity index (χ0v) is 13.4. The van der Waals surface area contributed by atoms with Crippen LogP contribution in [0.1, 0.15) is 23.6 Å². The van der Waals surface area contributed by atoms with Gasteiger partial charge in [0.05, 0.1) is 17.9 Å². The fourth-order valence-corrected chi connectivity index (χ4v) is 2.24. The van der Waals surface area contributed by atoms with E-state index in [1.165, 1.54) is 30.3 Å². The molecular formula is C17H17FN4O3. The van der Waals surface area contributed by atoms with Gasteiger partial charge in [-0.05, 0) is 36.8 Å². The quantitative estimate of drug-likeness (QED) is 0.377. The largest absolute Gasteiger partial charge is 0.411 e. The fourth-order valence-electron chi connectivity index (χ4n) is 2.24. The summed E-state index contributed by atoms with van der Waals surface area (Å²) in [6, 6.07) is 10.4. The number of halogens is 1. The molecule has 8 heteroatoms. The summed E-state index contributed by atoms with van der Waals surface area (Å²) in [6.07, 6.45) is 0. The van der Waals surface area contributed by atoms with Gasteiger partial charge >= 0.3 is 0 Å². The second-order valence-electron chi connectivity index (χ2n) is 5.13. The third kappa shape index (κ3) is 3.99. The smallest absolute Gasteiger partial charge is 0.238 e. The number of rotatable bonds is 5. The van der Waals surface area contributed by atoms with Gasteiger partial charge in [0.15, 0.2) is 0 Å². The summed E-state index contributed by atoms with van der Waals surface area (Å²) in [5.74, 6) is -1.06. The van der Waals surface area contributed by atoms with Crippen LogP contribution in [-0.2, 0) is 4.79 Å². The van der Waals surface area contributed by atoms with Crippen LogP contribution in [0, 0.1) is 5.82 Å². The van der Waals surface area contributed by atoms with E-state index < -0.39 is 11.7 Å². The molecule has 0 radical (unpaired) electrons. The molecule has 2 rings (SSSR count). The summed E-state index contributed by atoms with van der Waals surface area (Å²) >= 11 is 0. The number of hydrogen-bond donors (Lipinski definition) is 4. The molecule has 2 aromatic carbocycles. The van der Waals surface area contributed by atoms with E-state index in [4.69, 9.17) is 10.9 Å². The van der Waals surface area contributed by atoms with Crippen LogP contribution in [0.25, 0.3) is 0 Å². The lowest BCUT2D eigenvalue weighted by molar-refractivity contribution is -0.114. The Hall–Kier alpha value is -3.26. The number of hydrogen-bond acceptors (Lipinski definition) is 6. The molecule has 1 amide bonds. The third-order valence-corrected chi connectivity index (χ3v) is 3.53. The molecule has 7 nitrogen and oxygen atoms in total. The number of anilines is 1. The lowest BCUT2D eigenvalue weighted by atomic mass is 9.97. The zero-order chi connectivity index (χ0) is 18.4. The van der Waals surface area contributed by atoms with Crippen LogP contribution in [0.4, 0.5) is 10.1 Å². The van der Waals surface area contributed by atoms with Crippen LogP contribution < -0.4 is 11.1 Å². The molecule has 0 aliphatic carbocycles. The number of amides is 1. The molecular weight excluding hydrogens is 327 g/mol. The Balaban J connectivity index is 2.65. The Morgan fingerprint density at radius 3 is 2.48 bits per heavy atom. The van der Waals surface area contributed by atoms with Gasteiger partial charge in [-0.25, -0.2) is 4.39 Å². The van der Waals surface area contributed by atoms with Crippen LogP contribution in [0.15, 0.2) is 52.8 Å². The van der Waals surface area contributed by atoms with E-state index >= 15 is 0 Å². The molecule has 0 aliphatic rings. The van der Waals surface area contributed by atoms with E-state index in [-0.39, 0.29) is 29.1 Å². The van der Waals surface area contributed by atoms with Crippen molar-refractivity contribution in [1.82, 2.24) is 0 Å². The van der Waals surface area contributed by atoms with Gasteiger partial charge in [-0.1, -0.05) is 28.5 Å². The minimum Gasteiger partial charge on any atom is -0.411 e. The minimum absolute atomic E-state index is 0.0454.